The van der Waals surface area contributed by atoms with Crippen molar-refractivity contribution in [3.8, 4) is 0 Å². The van der Waals surface area contributed by atoms with Crippen molar-refractivity contribution in [2.75, 3.05) is 32.7 Å². The molecule has 1 amide bonds. The van der Waals surface area contributed by atoms with Crippen molar-refractivity contribution in [2.45, 2.75) is 6.04 Å². The van der Waals surface area contributed by atoms with Gasteiger partial charge in [-0.1, -0.05) is 5.11 Å². The summed E-state index contributed by atoms with van der Waals surface area (Å²) in [5, 5.41) is 6.55. The standard InChI is InChI=1S/C7H14N6O/c8-7(14)6(5-11-12-9)13-3-1-10-2-4-13/h6,10H,1-5H2,(H2,8,14). The van der Waals surface area contributed by atoms with Crippen LogP contribution < -0.4 is 11.1 Å². The molecule has 7 nitrogen and oxygen atoms in total. The van der Waals surface area contributed by atoms with Gasteiger partial charge in [-0.25, -0.2) is 0 Å². The van der Waals surface area contributed by atoms with Crippen LogP contribution >= 0.6 is 0 Å². The van der Waals surface area contributed by atoms with E-state index in [4.69, 9.17) is 11.3 Å². The average Bonchev–Trinajstić information content (AvgIpc) is 2.19. The zero-order chi connectivity index (χ0) is 10.4. The Morgan fingerprint density at radius 1 is 1.64 bits per heavy atom. The number of piperazine rings is 1. The van der Waals surface area contributed by atoms with E-state index in [-0.39, 0.29) is 6.54 Å². The third kappa shape index (κ3) is 2.88. The van der Waals surface area contributed by atoms with Gasteiger partial charge < -0.3 is 11.1 Å². The van der Waals surface area contributed by atoms with Crippen LogP contribution in [0.2, 0.25) is 0 Å². The highest BCUT2D eigenvalue weighted by molar-refractivity contribution is 5.80. The molecule has 0 aromatic carbocycles. The summed E-state index contributed by atoms with van der Waals surface area (Å²) in [5.41, 5.74) is 13.4. The summed E-state index contributed by atoms with van der Waals surface area (Å²) in [5.74, 6) is -0.431. The van der Waals surface area contributed by atoms with Crippen LogP contribution in [0.5, 0.6) is 0 Å². The zero-order valence-corrected chi connectivity index (χ0v) is 7.89. The summed E-state index contributed by atoms with van der Waals surface area (Å²) < 4.78 is 0. The zero-order valence-electron chi connectivity index (χ0n) is 7.89. The van der Waals surface area contributed by atoms with Crippen LogP contribution in [0.25, 0.3) is 10.4 Å². The normalized spacial score (nSPS) is 19.7. The highest BCUT2D eigenvalue weighted by atomic mass is 16.1. The Bertz CT molecular complexity index is 243. The number of nitrogens with two attached hydrogens (primary N) is 1. The second-order valence-electron chi connectivity index (χ2n) is 3.12. The fourth-order valence-corrected chi connectivity index (χ4v) is 1.49. The van der Waals surface area contributed by atoms with Crippen LogP contribution in [-0.2, 0) is 4.79 Å². The van der Waals surface area contributed by atoms with Gasteiger partial charge in [0.2, 0.25) is 5.91 Å². The Morgan fingerprint density at radius 2 is 2.29 bits per heavy atom. The number of azide groups is 1. The first-order chi connectivity index (χ1) is 6.75. The van der Waals surface area contributed by atoms with E-state index in [0.29, 0.717) is 0 Å². The van der Waals surface area contributed by atoms with Crippen molar-refractivity contribution in [3.05, 3.63) is 10.4 Å². The van der Waals surface area contributed by atoms with E-state index >= 15 is 0 Å². The quantitative estimate of drug-likeness (QED) is 0.345. The molecule has 0 aromatic heterocycles. The van der Waals surface area contributed by atoms with E-state index in [1.54, 1.807) is 0 Å². The lowest BCUT2D eigenvalue weighted by molar-refractivity contribution is -0.123. The van der Waals surface area contributed by atoms with Crippen LogP contribution in [0.15, 0.2) is 5.11 Å². The van der Waals surface area contributed by atoms with Gasteiger partial charge in [0, 0.05) is 31.1 Å². The van der Waals surface area contributed by atoms with E-state index in [1.165, 1.54) is 0 Å². The summed E-state index contributed by atoms with van der Waals surface area (Å²) in [7, 11) is 0. The van der Waals surface area contributed by atoms with Gasteiger partial charge in [-0.05, 0) is 5.53 Å². The van der Waals surface area contributed by atoms with Crippen molar-refractivity contribution >= 4 is 5.91 Å². The van der Waals surface area contributed by atoms with E-state index in [9.17, 15) is 4.79 Å². The highest BCUT2D eigenvalue weighted by Crippen LogP contribution is 2.01. The minimum absolute atomic E-state index is 0.117. The van der Waals surface area contributed by atoms with Gasteiger partial charge in [0.15, 0.2) is 0 Å². The monoisotopic (exact) mass is 198 g/mol. The minimum atomic E-state index is -0.465. The van der Waals surface area contributed by atoms with Crippen LogP contribution in [0.4, 0.5) is 0 Å². The Kier molecular flexibility index (Phi) is 4.18. The molecule has 0 saturated carbocycles. The molecule has 1 aliphatic heterocycles. The minimum Gasteiger partial charge on any atom is -0.368 e. The molecule has 0 aliphatic carbocycles. The van der Waals surface area contributed by atoms with Crippen LogP contribution in [-0.4, -0.2) is 49.6 Å². The van der Waals surface area contributed by atoms with Gasteiger partial charge in [-0.3, -0.25) is 9.69 Å². The van der Waals surface area contributed by atoms with Crippen molar-refractivity contribution in [1.82, 2.24) is 10.2 Å². The van der Waals surface area contributed by atoms with Gasteiger partial charge in [0.1, 0.15) is 0 Å². The molecule has 1 atom stereocenters. The van der Waals surface area contributed by atoms with Crippen molar-refractivity contribution in [2.24, 2.45) is 10.8 Å². The average molecular weight is 198 g/mol. The number of nitrogens with one attached hydrogen (secondary N) is 1. The van der Waals surface area contributed by atoms with Gasteiger partial charge in [-0.2, -0.15) is 0 Å². The number of amides is 1. The molecule has 1 unspecified atom stereocenters. The molecule has 3 N–H and O–H groups in total. The lowest BCUT2D eigenvalue weighted by Crippen LogP contribution is -2.54. The second kappa shape index (κ2) is 5.43. The summed E-state index contributed by atoms with van der Waals surface area (Å²) in [6, 6.07) is -0.465. The smallest absolute Gasteiger partial charge is 0.234 e. The SMILES string of the molecule is [N-]=[N+]=NCC(C(N)=O)N1CCNCC1. The van der Waals surface area contributed by atoms with Gasteiger partial charge >= 0.3 is 0 Å². The van der Waals surface area contributed by atoms with E-state index in [2.05, 4.69) is 15.3 Å². The Hall–Kier alpha value is -1.30. The van der Waals surface area contributed by atoms with Crippen molar-refractivity contribution < 1.29 is 4.79 Å². The topological polar surface area (TPSA) is 107 Å². The second-order valence-corrected chi connectivity index (χ2v) is 3.12. The van der Waals surface area contributed by atoms with Gasteiger partial charge in [-0.15, -0.1) is 0 Å². The summed E-state index contributed by atoms with van der Waals surface area (Å²) >= 11 is 0. The molecule has 1 fully saturated rings. The van der Waals surface area contributed by atoms with Crippen LogP contribution in [0.1, 0.15) is 0 Å². The third-order valence-electron chi connectivity index (χ3n) is 2.24. The summed E-state index contributed by atoms with van der Waals surface area (Å²) in [4.78, 5) is 15.6. The molecule has 1 aliphatic rings. The molecule has 1 heterocycles. The maximum Gasteiger partial charge on any atom is 0.234 e. The maximum atomic E-state index is 11.1. The first-order valence-electron chi connectivity index (χ1n) is 4.50. The molecule has 0 bridgehead atoms. The number of primary amides is 1. The largest absolute Gasteiger partial charge is 0.368 e. The van der Waals surface area contributed by atoms with Gasteiger partial charge in [0.25, 0.3) is 0 Å². The third-order valence-corrected chi connectivity index (χ3v) is 2.24. The number of hydrogen-bond acceptors (Lipinski definition) is 4. The lowest BCUT2D eigenvalue weighted by atomic mass is 10.2. The molecule has 0 spiro atoms. The van der Waals surface area contributed by atoms with Crippen LogP contribution in [0.3, 0.4) is 0 Å². The van der Waals surface area contributed by atoms with E-state index in [0.717, 1.165) is 26.2 Å². The Morgan fingerprint density at radius 3 is 2.79 bits per heavy atom. The fourth-order valence-electron chi connectivity index (χ4n) is 1.49. The molecule has 0 radical (unpaired) electrons. The molecule has 1 rings (SSSR count). The number of hydrogen-bond donors (Lipinski definition) is 2. The Labute approximate surface area is 81.9 Å². The molecule has 1 saturated heterocycles. The number of carbonyl (C=O) groups is 1. The summed E-state index contributed by atoms with van der Waals surface area (Å²) in [6.45, 7) is 3.30. The first kappa shape index (κ1) is 10.8. The number of rotatable bonds is 4. The molecule has 7 heteroatoms. The van der Waals surface area contributed by atoms with Gasteiger partial charge in [0.05, 0.1) is 12.6 Å². The molecule has 78 valence electrons. The first-order valence-corrected chi connectivity index (χ1v) is 4.50. The Balaban J connectivity index is 2.55. The molecule has 0 aromatic rings. The maximum absolute atomic E-state index is 11.1. The number of carbonyl (C=O) groups excluding carboxylic acids is 1. The van der Waals surface area contributed by atoms with E-state index < -0.39 is 11.9 Å². The fraction of sp³-hybridized carbons (Fsp3) is 0.857. The van der Waals surface area contributed by atoms with Crippen molar-refractivity contribution in [3.63, 3.8) is 0 Å². The molecular formula is C7H14N6O. The predicted molar refractivity (Wildman–Crippen MR) is 51.4 cm³/mol. The molecule has 14 heavy (non-hydrogen) atoms. The summed E-state index contributed by atoms with van der Waals surface area (Å²) in [6.07, 6.45) is 0. The molecular weight excluding hydrogens is 184 g/mol. The lowest BCUT2D eigenvalue weighted by Gasteiger charge is -2.32. The number of nitrogens with zero attached hydrogens (tertiary/aromatic N) is 4. The highest BCUT2D eigenvalue weighted by Gasteiger charge is 2.23. The van der Waals surface area contributed by atoms with Crippen molar-refractivity contribution in [1.29, 1.82) is 0 Å². The van der Waals surface area contributed by atoms with Crippen LogP contribution in [0, 0.1) is 0 Å². The predicted octanol–water partition coefficient (Wildman–Crippen LogP) is -0.944. The van der Waals surface area contributed by atoms with E-state index in [1.807, 2.05) is 4.90 Å².